The molecule has 0 saturated carbocycles. The van der Waals surface area contributed by atoms with Crippen LogP contribution in [0.15, 0.2) is 29.4 Å². The molecule has 2 N–H and O–H groups in total. The van der Waals surface area contributed by atoms with Gasteiger partial charge in [0.15, 0.2) is 0 Å². The quantitative estimate of drug-likeness (QED) is 0.890. The van der Waals surface area contributed by atoms with Gasteiger partial charge in [0.25, 0.3) is 10.0 Å². The minimum absolute atomic E-state index is 0. The molecule has 2 heterocycles. The van der Waals surface area contributed by atoms with Crippen molar-refractivity contribution in [3.8, 4) is 0 Å². The van der Waals surface area contributed by atoms with E-state index >= 15 is 0 Å². The molecule has 8 heteroatoms. The highest BCUT2D eigenvalue weighted by atomic mass is 35.5. The Balaban J connectivity index is 0.00000161. The van der Waals surface area contributed by atoms with E-state index in [-0.39, 0.29) is 23.6 Å². The summed E-state index contributed by atoms with van der Waals surface area (Å²) in [6.45, 7) is 1.70. The second-order valence-electron chi connectivity index (χ2n) is 5.06. The average Bonchev–Trinajstić information content (AvgIpc) is 2.92. The SMILES string of the molecule is CN(C1CCNCC1)S(=O)(=O)c1nc2ccccc2[nH]1.Cl. The average molecular weight is 331 g/mol. The van der Waals surface area contributed by atoms with Gasteiger partial charge in [0, 0.05) is 13.1 Å². The number of nitrogens with one attached hydrogen (secondary N) is 2. The molecule has 21 heavy (non-hydrogen) atoms. The van der Waals surface area contributed by atoms with Crippen LogP contribution in [0.3, 0.4) is 0 Å². The van der Waals surface area contributed by atoms with Crippen LogP contribution in [-0.2, 0) is 10.0 Å². The first-order valence-electron chi connectivity index (χ1n) is 6.72. The number of piperidine rings is 1. The Kier molecular flexibility index (Phi) is 4.88. The number of aromatic amines is 1. The summed E-state index contributed by atoms with van der Waals surface area (Å²) in [6, 6.07) is 7.36. The van der Waals surface area contributed by atoms with Crippen molar-refractivity contribution in [3.05, 3.63) is 24.3 Å². The van der Waals surface area contributed by atoms with Gasteiger partial charge in [-0.05, 0) is 38.1 Å². The maximum absolute atomic E-state index is 12.6. The van der Waals surface area contributed by atoms with Gasteiger partial charge in [-0.1, -0.05) is 12.1 Å². The molecule has 0 aliphatic carbocycles. The summed E-state index contributed by atoms with van der Waals surface area (Å²) in [5.41, 5.74) is 1.41. The summed E-state index contributed by atoms with van der Waals surface area (Å²) < 4.78 is 26.7. The van der Waals surface area contributed by atoms with E-state index in [0.29, 0.717) is 5.52 Å². The Morgan fingerprint density at radius 2 is 1.90 bits per heavy atom. The first-order valence-corrected chi connectivity index (χ1v) is 8.16. The van der Waals surface area contributed by atoms with Crippen LogP contribution in [0.25, 0.3) is 11.0 Å². The van der Waals surface area contributed by atoms with Crippen molar-refractivity contribution >= 4 is 33.5 Å². The summed E-state index contributed by atoms with van der Waals surface area (Å²) in [4.78, 5) is 7.10. The summed E-state index contributed by atoms with van der Waals surface area (Å²) in [5.74, 6) is 0. The Bertz CT molecular complexity index is 677. The molecule has 0 bridgehead atoms. The van der Waals surface area contributed by atoms with E-state index in [1.165, 1.54) is 4.31 Å². The van der Waals surface area contributed by atoms with E-state index in [1.54, 1.807) is 13.1 Å². The van der Waals surface area contributed by atoms with Crippen LogP contribution < -0.4 is 5.32 Å². The van der Waals surface area contributed by atoms with Gasteiger partial charge in [0.05, 0.1) is 11.0 Å². The van der Waals surface area contributed by atoms with Crippen LogP contribution >= 0.6 is 12.4 Å². The molecule has 1 aromatic heterocycles. The third kappa shape index (κ3) is 3.06. The number of hydrogen-bond donors (Lipinski definition) is 2. The molecule has 116 valence electrons. The third-order valence-corrected chi connectivity index (χ3v) is 5.55. The standard InChI is InChI=1S/C13H18N4O2S.ClH/c1-17(10-6-8-14-9-7-10)20(18,19)13-15-11-4-2-3-5-12(11)16-13;/h2-5,10,14H,6-9H2,1H3,(H,15,16);1H. The van der Waals surface area contributed by atoms with Crippen LogP contribution in [-0.4, -0.2) is 48.9 Å². The van der Waals surface area contributed by atoms with Crippen LogP contribution in [0.5, 0.6) is 0 Å². The lowest BCUT2D eigenvalue weighted by molar-refractivity contribution is 0.295. The summed E-state index contributed by atoms with van der Waals surface area (Å²) in [5, 5.41) is 3.26. The van der Waals surface area contributed by atoms with E-state index in [9.17, 15) is 8.42 Å². The molecule has 0 atom stereocenters. The van der Waals surface area contributed by atoms with Crippen molar-refractivity contribution in [3.63, 3.8) is 0 Å². The fraction of sp³-hybridized carbons (Fsp3) is 0.462. The second-order valence-corrected chi connectivity index (χ2v) is 6.97. The molecule has 1 aliphatic heterocycles. The normalized spacial score (nSPS) is 17.0. The molecule has 1 saturated heterocycles. The molecular weight excluding hydrogens is 312 g/mol. The first kappa shape index (κ1) is 16.2. The molecular formula is C13H19ClN4O2S. The number of nitrogens with zero attached hydrogens (tertiary/aromatic N) is 2. The molecule has 1 fully saturated rings. The van der Waals surface area contributed by atoms with Gasteiger partial charge in [-0.25, -0.2) is 13.4 Å². The summed E-state index contributed by atoms with van der Waals surface area (Å²) in [6.07, 6.45) is 1.66. The second kappa shape index (κ2) is 6.31. The number of rotatable bonds is 3. The number of sulfonamides is 1. The fourth-order valence-electron chi connectivity index (χ4n) is 2.55. The minimum atomic E-state index is -3.56. The van der Waals surface area contributed by atoms with Gasteiger partial charge in [-0.3, -0.25) is 0 Å². The van der Waals surface area contributed by atoms with Gasteiger partial charge in [-0.15, -0.1) is 12.4 Å². The number of hydrogen-bond acceptors (Lipinski definition) is 4. The summed E-state index contributed by atoms with van der Waals surface area (Å²) in [7, 11) is -1.92. The highest BCUT2D eigenvalue weighted by Crippen LogP contribution is 2.21. The van der Waals surface area contributed by atoms with Gasteiger partial charge >= 0.3 is 0 Å². The van der Waals surface area contributed by atoms with Gasteiger partial charge in [-0.2, -0.15) is 4.31 Å². The number of aromatic nitrogens is 2. The van der Waals surface area contributed by atoms with Crippen molar-refractivity contribution in [2.75, 3.05) is 20.1 Å². The Labute approximate surface area is 130 Å². The maximum atomic E-state index is 12.6. The van der Waals surface area contributed by atoms with E-state index in [4.69, 9.17) is 0 Å². The maximum Gasteiger partial charge on any atom is 0.276 e. The zero-order valence-electron chi connectivity index (χ0n) is 11.7. The minimum Gasteiger partial charge on any atom is -0.328 e. The fourth-order valence-corrected chi connectivity index (χ4v) is 3.88. The van der Waals surface area contributed by atoms with E-state index in [1.807, 2.05) is 18.2 Å². The predicted molar refractivity (Wildman–Crippen MR) is 84.2 cm³/mol. The van der Waals surface area contributed by atoms with E-state index in [0.717, 1.165) is 31.4 Å². The Hall–Kier alpha value is -1.15. The topological polar surface area (TPSA) is 78.1 Å². The Morgan fingerprint density at radius 1 is 1.24 bits per heavy atom. The van der Waals surface area contributed by atoms with Gasteiger partial charge in [0.1, 0.15) is 0 Å². The molecule has 0 unspecified atom stereocenters. The number of benzene rings is 1. The molecule has 1 aliphatic rings. The number of H-pyrrole nitrogens is 1. The predicted octanol–water partition coefficient (Wildman–Crippen LogP) is 1.36. The molecule has 6 nitrogen and oxygen atoms in total. The number of imidazole rings is 1. The largest absolute Gasteiger partial charge is 0.328 e. The van der Waals surface area contributed by atoms with Gasteiger partial charge in [0.2, 0.25) is 5.16 Å². The molecule has 3 rings (SSSR count). The monoisotopic (exact) mass is 330 g/mol. The van der Waals surface area contributed by atoms with Crippen LogP contribution in [0, 0.1) is 0 Å². The number of halogens is 1. The molecule has 0 radical (unpaired) electrons. The van der Waals surface area contributed by atoms with Crippen molar-refractivity contribution in [2.45, 2.75) is 24.0 Å². The lowest BCUT2D eigenvalue weighted by atomic mass is 10.1. The van der Waals surface area contributed by atoms with Crippen LogP contribution in [0.2, 0.25) is 0 Å². The first-order chi connectivity index (χ1) is 9.59. The molecule has 0 amide bonds. The zero-order valence-corrected chi connectivity index (χ0v) is 13.4. The van der Waals surface area contributed by atoms with E-state index in [2.05, 4.69) is 15.3 Å². The van der Waals surface area contributed by atoms with Gasteiger partial charge < -0.3 is 10.3 Å². The lowest BCUT2D eigenvalue weighted by Crippen LogP contribution is -2.44. The third-order valence-electron chi connectivity index (χ3n) is 3.81. The van der Waals surface area contributed by atoms with Crippen molar-refractivity contribution < 1.29 is 8.42 Å². The van der Waals surface area contributed by atoms with Crippen LogP contribution in [0.1, 0.15) is 12.8 Å². The number of fused-ring (bicyclic) bond motifs is 1. The molecule has 0 spiro atoms. The van der Waals surface area contributed by atoms with Crippen molar-refractivity contribution in [2.24, 2.45) is 0 Å². The smallest absolute Gasteiger partial charge is 0.276 e. The van der Waals surface area contributed by atoms with Crippen LogP contribution in [0.4, 0.5) is 0 Å². The highest BCUT2D eigenvalue weighted by molar-refractivity contribution is 7.89. The van der Waals surface area contributed by atoms with E-state index < -0.39 is 10.0 Å². The van der Waals surface area contributed by atoms with Crippen molar-refractivity contribution in [1.82, 2.24) is 19.6 Å². The molecule has 2 aromatic rings. The Morgan fingerprint density at radius 3 is 2.57 bits per heavy atom. The number of para-hydroxylation sites is 2. The molecule has 1 aromatic carbocycles. The van der Waals surface area contributed by atoms with Crippen molar-refractivity contribution in [1.29, 1.82) is 0 Å². The zero-order chi connectivity index (χ0) is 14.2. The highest BCUT2D eigenvalue weighted by Gasteiger charge is 2.31. The summed E-state index contributed by atoms with van der Waals surface area (Å²) >= 11 is 0. The lowest BCUT2D eigenvalue weighted by Gasteiger charge is -2.30.